The molecule has 114 valence electrons. The third-order valence-corrected chi connectivity index (χ3v) is 3.51. The van der Waals surface area contributed by atoms with E-state index in [2.05, 4.69) is 66.1 Å². The van der Waals surface area contributed by atoms with Gasteiger partial charge in [0.2, 0.25) is 0 Å². The number of hydrogen-bond acceptors (Lipinski definition) is 2. The van der Waals surface area contributed by atoms with E-state index >= 15 is 0 Å². The van der Waals surface area contributed by atoms with Crippen LogP contribution in [0.15, 0.2) is 91.1 Å². The Morgan fingerprint density at radius 3 is 1.83 bits per heavy atom. The summed E-state index contributed by atoms with van der Waals surface area (Å²) < 4.78 is 0. The number of fused-ring (bicyclic) bond motifs is 1. The average Bonchev–Trinajstić information content (AvgIpc) is 2.64. The highest BCUT2D eigenvalue weighted by molar-refractivity contribution is 5.57. The number of para-hydroxylation sites is 1. The third-order valence-electron chi connectivity index (χ3n) is 3.51. The molecule has 0 unspecified atom stereocenters. The van der Waals surface area contributed by atoms with Gasteiger partial charge in [-0.1, -0.05) is 78.9 Å². The molecule has 0 atom stereocenters. The van der Waals surface area contributed by atoms with Gasteiger partial charge < -0.3 is 4.84 Å². The number of benzene rings is 3. The van der Waals surface area contributed by atoms with E-state index in [1.807, 2.05) is 30.3 Å². The van der Waals surface area contributed by atoms with Crippen molar-refractivity contribution in [3.63, 3.8) is 0 Å². The van der Waals surface area contributed by atoms with E-state index < -0.39 is 0 Å². The quantitative estimate of drug-likeness (QED) is 0.732. The number of hydrogen-bond donors (Lipinski definition) is 1. The Balaban J connectivity index is 0.000000140. The van der Waals surface area contributed by atoms with Gasteiger partial charge in [-0.2, -0.15) is 0 Å². The first-order valence-corrected chi connectivity index (χ1v) is 7.67. The molecule has 2 nitrogen and oxygen atoms in total. The predicted molar refractivity (Wildman–Crippen MR) is 94.9 cm³/mol. The first-order valence-electron chi connectivity index (χ1n) is 7.67. The van der Waals surface area contributed by atoms with E-state index in [0.717, 1.165) is 17.7 Å². The van der Waals surface area contributed by atoms with Gasteiger partial charge in [0.15, 0.2) is 5.75 Å². The van der Waals surface area contributed by atoms with Crippen LogP contribution in [0.1, 0.15) is 16.7 Å². The summed E-state index contributed by atoms with van der Waals surface area (Å²) >= 11 is 0. The van der Waals surface area contributed by atoms with Gasteiger partial charge >= 0.3 is 0 Å². The van der Waals surface area contributed by atoms with E-state index in [0.29, 0.717) is 0 Å². The lowest BCUT2D eigenvalue weighted by Gasteiger charge is -2.11. The van der Waals surface area contributed by atoms with Crippen LogP contribution in [0.25, 0.3) is 6.08 Å². The fraction of sp³-hybridized carbons (Fsp3) is 0.0476. The first-order chi connectivity index (χ1) is 11.4. The lowest BCUT2D eigenvalue weighted by molar-refractivity contribution is 0.239. The highest BCUT2D eigenvalue weighted by Gasteiger charge is 2.01. The van der Waals surface area contributed by atoms with Crippen molar-refractivity contribution in [2.75, 3.05) is 0 Å². The topological polar surface area (TPSA) is 21.3 Å². The van der Waals surface area contributed by atoms with Crippen molar-refractivity contribution in [2.45, 2.75) is 6.42 Å². The Kier molecular flexibility index (Phi) is 5.09. The van der Waals surface area contributed by atoms with Crippen LogP contribution in [0.3, 0.4) is 0 Å². The van der Waals surface area contributed by atoms with Gasteiger partial charge in [0.05, 0.1) is 0 Å². The van der Waals surface area contributed by atoms with Crippen LogP contribution in [0.5, 0.6) is 5.75 Å². The van der Waals surface area contributed by atoms with Crippen molar-refractivity contribution in [1.82, 2.24) is 5.48 Å². The monoisotopic (exact) mass is 301 g/mol. The summed E-state index contributed by atoms with van der Waals surface area (Å²) in [7, 11) is 0. The van der Waals surface area contributed by atoms with E-state index in [1.165, 1.54) is 11.1 Å². The van der Waals surface area contributed by atoms with Gasteiger partial charge in [0.1, 0.15) is 0 Å². The molecule has 0 saturated heterocycles. The summed E-state index contributed by atoms with van der Waals surface area (Å²) in [5.41, 5.74) is 6.51. The number of hydroxylamine groups is 1. The van der Waals surface area contributed by atoms with Crippen molar-refractivity contribution in [3.8, 4) is 5.75 Å². The second-order valence-electron chi connectivity index (χ2n) is 5.24. The molecular formula is C21H19NO. The zero-order chi connectivity index (χ0) is 15.7. The molecule has 3 aromatic rings. The van der Waals surface area contributed by atoms with Crippen LogP contribution in [0.2, 0.25) is 0 Å². The van der Waals surface area contributed by atoms with Crippen molar-refractivity contribution in [2.24, 2.45) is 0 Å². The minimum absolute atomic E-state index is 0.880. The lowest BCUT2D eigenvalue weighted by Crippen LogP contribution is -2.13. The maximum absolute atomic E-state index is 5.09. The molecule has 0 aliphatic carbocycles. The molecule has 0 radical (unpaired) electrons. The molecule has 1 aliphatic rings. The fourth-order valence-corrected chi connectivity index (χ4v) is 2.36. The molecule has 3 aromatic carbocycles. The Labute approximate surface area is 137 Å². The molecular weight excluding hydrogens is 282 g/mol. The molecule has 0 aromatic heterocycles. The lowest BCUT2D eigenvalue weighted by atomic mass is 10.1. The van der Waals surface area contributed by atoms with Gasteiger partial charge in [0.25, 0.3) is 0 Å². The van der Waals surface area contributed by atoms with Crippen molar-refractivity contribution in [1.29, 1.82) is 0 Å². The Morgan fingerprint density at radius 2 is 1.22 bits per heavy atom. The predicted octanol–water partition coefficient (Wildman–Crippen LogP) is 4.83. The number of nitrogens with one attached hydrogen (secondary N) is 1. The molecule has 4 rings (SSSR count). The molecule has 1 aliphatic heterocycles. The average molecular weight is 301 g/mol. The molecule has 0 fully saturated rings. The van der Waals surface area contributed by atoms with Crippen LogP contribution in [-0.4, -0.2) is 0 Å². The largest absolute Gasteiger partial charge is 0.382 e. The maximum atomic E-state index is 5.09. The van der Waals surface area contributed by atoms with Gasteiger partial charge in [0, 0.05) is 11.8 Å². The summed E-state index contributed by atoms with van der Waals surface area (Å²) in [5.74, 6) is 0.880. The standard InChI is InChI=1S/C13H12.C8H7NO/c1-3-7-12(8-4-1)11-13-9-5-2-6-10-13;1-2-4-8-7(3-1)5-6-9-10-8/h1-10H,11H2;1-6,9H. The number of rotatable bonds is 2. The van der Waals surface area contributed by atoms with Crippen LogP contribution < -0.4 is 10.3 Å². The Bertz CT molecular complexity index is 714. The second kappa shape index (κ2) is 7.85. The molecule has 23 heavy (non-hydrogen) atoms. The molecule has 1 N–H and O–H groups in total. The highest BCUT2D eigenvalue weighted by atomic mass is 16.6. The van der Waals surface area contributed by atoms with Crippen LogP contribution in [-0.2, 0) is 6.42 Å². The second-order valence-corrected chi connectivity index (χ2v) is 5.24. The Hall–Kier alpha value is -3.00. The molecule has 1 heterocycles. The summed E-state index contributed by atoms with van der Waals surface area (Å²) in [6, 6.07) is 28.9. The normalized spacial score (nSPS) is 11.3. The van der Waals surface area contributed by atoms with E-state index in [1.54, 1.807) is 6.20 Å². The van der Waals surface area contributed by atoms with Gasteiger partial charge in [-0.15, -0.1) is 0 Å². The van der Waals surface area contributed by atoms with Gasteiger partial charge in [-0.05, 0) is 29.7 Å². The summed E-state index contributed by atoms with van der Waals surface area (Å²) in [4.78, 5) is 5.09. The van der Waals surface area contributed by atoms with Crippen LogP contribution in [0, 0.1) is 0 Å². The van der Waals surface area contributed by atoms with Crippen LogP contribution in [0.4, 0.5) is 0 Å². The van der Waals surface area contributed by atoms with Crippen LogP contribution >= 0.6 is 0 Å². The van der Waals surface area contributed by atoms with Gasteiger partial charge in [-0.25, -0.2) is 5.48 Å². The molecule has 2 heteroatoms. The molecule has 0 amide bonds. The van der Waals surface area contributed by atoms with E-state index in [9.17, 15) is 0 Å². The van der Waals surface area contributed by atoms with Crippen molar-refractivity contribution < 1.29 is 4.84 Å². The SMILES string of the molecule is C1=Cc2ccccc2ON1.c1ccc(Cc2ccccc2)cc1. The molecule has 0 spiro atoms. The molecule has 0 saturated carbocycles. The smallest absolute Gasteiger partial charge is 0.162 e. The third kappa shape index (κ3) is 4.48. The van der Waals surface area contributed by atoms with Crippen molar-refractivity contribution in [3.05, 3.63) is 108 Å². The van der Waals surface area contributed by atoms with E-state index in [-0.39, 0.29) is 0 Å². The summed E-state index contributed by atoms with van der Waals surface area (Å²) in [5, 5.41) is 0. The zero-order valence-corrected chi connectivity index (χ0v) is 12.9. The minimum Gasteiger partial charge on any atom is -0.382 e. The maximum Gasteiger partial charge on any atom is 0.162 e. The van der Waals surface area contributed by atoms with E-state index in [4.69, 9.17) is 4.84 Å². The fourth-order valence-electron chi connectivity index (χ4n) is 2.36. The first kappa shape index (κ1) is 14.9. The summed E-state index contributed by atoms with van der Waals surface area (Å²) in [6.07, 6.45) is 4.77. The zero-order valence-electron chi connectivity index (χ0n) is 12.9. The summed E-state index contributed by atoms with van der Waals surface area (Å²) in [6.45, 7) is 0. The van der Waals surface area contributed by atoms with Gasteiger partial charge in [-0.3, -0.25) is 0 Å². The van der Waals surface area contributed by atoms with Crippen molar-refractivity contribution >= 4 is 6.08 Å². The highest BCUT2D eigenvalue weighted by Crippen LogP contribution is 2.20. The minimum atomic E-state index is 0.880. The molecule has 0 bridgehead atoms. The Morgan fingerprint density at radius 1 is 0.652 bits per heavy atom.